The molecule has 0 saturated carbocycles. The molecule has 1 aromatic carbocycles. The molecule has 12 atom stereocenters. The standard InChI is InChI=1S/C38H48F2N14O12P2S2/c1-17(2)25(41)34(56)52-20(4-3-9-44-38(43)58)33(55)51-19-7-5-18(6-8-19)12-70-68(60)62-11-22-28(23(39)36(64-22)53-15-49-26-30(42)45-13-46-31(26)53)65-67(59,69)61-10-21-29(66-68)24(40)37(63-21)54-16-50-27-32(54)47-14-48-35(27)57/h5-8,13-17,20-25,28-29,36-37H,3-4,9-12,41H2,1-2H3,(H,51,55)(H,52,56)(H,59,69)(H2,42,45,46)(H3,43,44,58)(H,47,48,57)/t20-,21+,22+,23+,24+,25-,28+,29+,36+,37+,67?,68?/m0/s1. The third-order valence-corrected chi connectivity index (χ3v) is 16.6. The van der Waals surface area contributed by atoms with Gasteiger partial charge in [-0.1, -0.05) is 26.0 Å². The molecule has 4 aromatic heterocycles. The predicted octanol–water partition coefficient (Wildman–Crippen LogP) is 1.94. The van der Waals surface area contributed by atoms with E-state index in [1.165, 1.54) is 10.9 Å². The number of carbonyl (C=O) groups excluding carboxylic acids is 3. The fraction of sp³-hybridized carbons (Fsp3) is 0.500. The van der Waals surface area contributed by atoms with Gasteiger partial charge in [0.15, 0.2) is 47.4 Å². The first kappa shape index (κ1) is 51.3. The number of ether oxygens (including phenoxy) is 2. The number of halogens is 2. The van der Waals surface area contributed by atoms with E-state index in [-0.39, 0.29) is 52.8 Å². The van der Waals surface area contributed by atoms with Crippen molar-refractivity contribution >= 4 is 88.4 Å². The van der Waals surface area contributed by atoms with Crippen molar-refractivity contribution in [3.63, 3.8) is 0 Å². The molecule has 378 valence electrons. The maximum absolute atomic E-state index is 16.9. The summed E-state index contributed by atoms with van der Waals surface area (Å²) in [6.07, 6.45) is -8.87. The van der Waals surface area contributed by atoms with E-state index in [1.54, 1.807) is 38.1 Å². The summed E-state index contributed by atoms with van der Waals surface area (Å²) >= 11 is 5.92. The van der Waals surface area contributed by atoms with Gasteiger partial charge in [-0.05, 0) is 59.6 Å². The second-order valence-corrected chi connectivity index (χ2v) is 23.3. The van der Waals surface area contributed by atoms with Crippen LogP contribution in [0, 0.1) is 5.92 Å². The summed E-state index contributed by atoms with van der Waals surface area (Å²) in [6, 6.07) is 3.61. The minimum atomic E-state index is -4.62. The van der Waals surface area contributed by atoms with E-state index in [0.717, 1.165) is 23.5 Å². The Balaban J connectivity index is 1.04. The summed E-state index contributed by atoms with van der Waals surface area (Å²) in [4.78, 5) is 84.0. The van der Waals surface area contributed by atoms with Gasteiger partial charge in [0, 0.05) is 18.0 Å². The number of hydrogen-bond acceptors (Lipinski definition) is 20. The molecule has 4 amide bonds. The molecule has 5 aromatic rings. The number of imidazole rings is 2. The molecule has 3 fully saturated rings. The molecule has 0 aliphatic carbocycles. The summed E-state index contributed by atoms with van der Waals surface area (Å²) in [7, 11) is 0. The van der Waals surface area contributed by atoms with Gasteiger partial charge in [0.05, 0.1) is 38.2 Å². The van der Waals surface area contributed by atoms with Crippen LogP contribution < -0.4 is 38.7 Å². The highest BCUT2D eigenvalue weighted by molar-refractivity contribution is 8.54. The molecular formula is C38H48F2N14O12P2S2. The van der Waals surface area contributed by atoms with E-state index in [4.69, 9.17) is 56.6 Å². The van der Waals surface area contributed by atoms with Crippen molar-refractivity contribution in [2.24, 2.45) is 17.4 Å². The molecule has 32 heteroatoms. The third-order valence-electron chi connectivity index (χ3n) is 11.4. The summed E-state index contributed by atoms with van der Waals surface area (Å²) in [5, 5.41) is 7.85. The van der Waals surface area contributed by atoms with E-state index in [0.29, 0.717) is 29.1 Å². The van der Waals surface area contributed by atoms with Gasteiger partial charge in [-0.15, -0.1) is 0 Å². The zero-order valence-corrected chi connectivity index (χ0v) is 40.4. The number of carbonyl (C=O) groups is 3. The molecule has 26 nitrogen and oxygen atoms in total. The van der Waals surface area contributed by atoms with Crippen molar-refractivity contribution in [2.75, 3.05) is 30.8 Å². The highest BCUT2D eigenvalue weighted by Gasteiger charge is 2.55. The van der Waals surface area contributed by atoms with Crippen molar-refractivity contribution in [2.45, 2.75) is 93.7 Å². The van der Waals surface area contributed by atoms with Crippen LogP contribution in [0.25, 0.3) is 22.3 Å². The van der Waals surface area contributed by atoms with Crippen molar-refractivity contribution in [1.82, 2.24) is 49.7 Å². The topological polar surface area (TPSA) is 365 Å². The minimum Gasteiger partial charge on any atom is -0.382 e. The number of hydrogen-bond donors (Lipinski definition) is 8. The SMILES string of the molecule is CC(C)[C@H](N)C(=O)N[C@@H](CCCNC(N)=O)C(=O)Nc1ccc(CSP2(=O)OC[C@H]3O[C@@H](n4cnc5c(N)ncnc54)[C@H](F)[C@@H]3OP(O)(=S)OC[C@H]3O[C@@H](n4cnc5c(=O)[nH]cnc54)[C@H](F)[C@@H]3O2)cc1. The summed E-state index contributed by atoms with van der Waals surface area (Å²) in [5.41, 5.74) is 17.4. The molecule has 3 saturated heterocycles. The maximum Gasteiger partial charge on any atom is 0.389 e. The van der Waals surface area contributed by atoms with Gasteiger partial charge in [0.25, 0.3) is 5.56 Å². The number of nitrogens with one attached hydrogen (secondary N) is 4. The molecule has 0 spiro atoms. The number of fused-ring (bicyclic) bond motifs is 4. The van der Waals surface area contributed by atoms with Crippen LogP contribution in [0.2, 0.25) is 0 Å². The van der Waals surface area contributed by atoms with E-state index >= 15 is 13.3 Å². The average Bonchev–Trinajstić information content (AvgIpc) is 4.09. The molecular weight excluding hydrogens is 1010 g/mol. The van der Waals surface area contributed by atoms with Crippen LogP contribution in [0.4, 0.5) is 25.1 Å². The lowest BCUT2D eigenvalue weighted by Crippen LogP contribution is -2.51. The van der Waals surface area contributed by atoms with Crippen LogP contribution in [0.1, 0.15) is 44.7 Å². The van der Waals surface area contributed by atoms with Crippen molar-refractivity contribution in [3.8, 4) is 0 Å². The fourth-order valence-electron chi connectivity index (χ4n) is 7.65. The first-order chi connectivity index (χ1) is 33.3. The number of aromatic nitrogens is 8. The van der Waals surface area contributed by atoms with Gasteiger partial charge >= 0.3 is 19.5 Å². The molecule has 0 bridgehead atoms. The third kappa shape index (κ3) is 11.3. The predicted molar refractivity (Wildman–Crippen MR) is 249 cm³/mol. The van der Waals surface area contributed by atoms with Crippen LogP contribution >= 0.6 is 24.9 Å². The van der Waals surface area contributed by atoms with Gasteiger partial charge in [-0.3, -0.25) is 37.1 Å². The second-order valence-electron chi connectivity index (χ2n) is 16.5. The first-order valence-corrected chi connectivity index (χ1v) is 27.2. The number of benzene rings is 1. The lowest BCUT2D eigenvalue weighted by atomic mass is 10.0. The second kappa shape index (κ2) is 21.3. The lowest BCUT2D eigenvalue weighted by molar-refractivity contribution is -0.128. The van der Waals surface area contributed by atoms with E-state index in [9.17, 15) is 24.1 Å². The van der Waals surface area contributed by atoms with Gasteiger partial charge in [0.2, 0.25) is 11.8 Å². The Morgan fingerprint density at radius 2 is 1.57 bits per heavy atom. The Morgan fingerprint density at radius 3 is 2.23 bits per heavy atom. The Kier molecular flexibility index (Phi) is 15.6. The summed E-state index contributed by atoms with van der Waals surface area (Å²) in [6.45, 7) is -6.83. The zero-order valence-electron chi connectivity index (χ0n) is 37.0. The Bertz CT molecular complexity index is 2890. The number of anilines is 2. The van der Waals surface area contributed by atoms with Gasteiger partial charge in [0.1, 0.15) is 42.3 Å². The number of nitrogen functional groups attached to an aromatic ring is 1. The Labute approximate surface area is 404 Å². The largest absolute Gasteiger partial charge is 0.389 e. The average molecular weight is 1060 g/mol. The number of aromatic amines is 1. The van der Waals surface area contributed by atoms with E-state index in [2.05, 4.69) is 45.9 Å². The maximum atomic E-state index is 16.9. The van der Waals surface area contributed by atoms with Crippen LogP contribution in [0.15, 0.2) is 54.4 Å². The van der Waals surface area contributed by atoms with Gasteiger partial charge in [-0.2, -0.15) is 0 Å². The van der Waals surface area contributed by atoms with Gasteiger partial charge < -0.3 is 57.0 Å². The number of H-pyrrole nitrogens is 1. The zero-order chi connectivity index (χ0) is 50.1. The molecule has 3 aliphatic heterocycles. The number of urea groups is 1. The van der Waals surface area contributed by atoms with E-state index in [1.807, 2.05) is 0 Å². The molecule has 2 unspecified atom stereocenters. The fourth-order valence-corrected chi connectivity index (χ4v) is 12.5. The number of nitrogens with zero attached hydrogens (tertiary/aromatic N) is 7. The van der Waals surface area contributed by atoms with Crippen LogP contribution in [0.3, 0.4) is 0 Å². The summed E-state index contributed by atoms with van der Waals surface area (Å²) < 4.78 is 86.5. The molecule has 11 N–H and O–H groups in total. The molecule has 7 heterocycles. The van der Waals surface area contributed by atoms with Crippen molar-refractivity contribution < 1.29 is 60.2 Å². The highest BCUT2D eigenvalue weighted by Crippen LogP contribution is 2.65. The molecule has 0 radical (unpaired) electrons. The molecule has 8 rings (SSSR count). The first-order valence-electron chi connectivity index (χ1n) is 21.5. The van der Waals surface area contributed by atoms with Gasteiger partial charge in [-0.25, -0.2) is 43.1 Å². The Morgan fingerprint density at radius 1 is 0.943 bits per heavy atom. The number of primary amides is 1. The normalized spacial score (nSPS) is 29.1. The highest BCUT2D eigenvalue weighted by atomic mass is 32.7. The van der Waals surface area contributed by atoms with Crippen LogP contribution in [-0.2, 0) is 59.3 Å². The number of rotatable bonds is 14. The smallest absolute Gasteiger partial charge is 0.382 e. The monoisotopic (exact) mass is 1060 g/mol. The van der Waals surface area contributed by atoms with Crippen LogP contribution in [0.5, 0.6) is 0 Å². The lowest BCUT2D eigenvalue weighted by Gasteiger charge is -2.30. The number of amides is 4. The number of nitrogens with two attached hydrogens (primary N) is 3. The quantitative estimate of drug-likeness (QED) is 0.0582. The van der Waals surface area contributed by atoms with Crippen LogP contribution in [-0.4, -0.2) is 130 Å². The Hall–Kier alpha value is -5.10. The number of alkyl halides is 2. The molecule has 3 aliphatic rings. The summed E-state index contributed by atoms with van der Waals surface area (Å²) in [5.74, 6) is -1.44. The van der Waals surface area contributed by atoms with Crippen molar-refractivity contribution in [1.29, 1.82) is 0 Å². The minimum absolute atomic E-state index is 0.00853. The van der Waals surface area contributed by atoms with E-state index < -0.39 is 111 Å². The van der Waals surface area contributed by atoms with Crippen molar-refractivity contribution in [3.05, 3.63) is 65.5 Å². The molecule has 70 heavy (non-hydrogen) atoms.